The standard InChI is InChI=1S/C24H21N3O9/c25-22(33)18-15(29)5-11-3-10-4-12-9(6-26-23(34)13-7-36-8-27-13)1-2-14(28)17(12)19(30)16(10)20(31)24(11,35)21(18)32/h1-2,7-8,10-11,16,18,28,35H,3-6H2,(H2,25,33)(H,26,34)/t10-,11+,16?,18?,24+/m1/s1. The molecule has 2 fully saturated rings. The number of hydrogen-bond acceptors (Lipinski definition) is 10. The van der Waals surface area contributed by atoms with Crippen LogP contribution in [-0.2, 0) is 32.1 Å². The number of Topliss-reactive ketones (excluding diaryl/α,β-unsaturated/α-hetero) is 4. The molecule has 2 aromatic rings. The highest BCUT2D eigenvalue weighted by Gasteiger charge is 2.66. The van der Waals surface area contributed by atoms with Crippen LogP contribution >= 0.6 is 0 Å². The van der Waals surface area contributed by atoms with Gasteiger partial charge in [0.05, 0.1) is 11.5 Å². The van der Waals surface area contributed by atoms with Crippen molar-refractivity contribution in [2.45, 2.75) is 31.4 Å². The van der Waals surface area contributed by atoms with E-state index in [2.05, 4.69) is 10.3 Å². The van der Waals surface area contributed by atoms with Crippen LogP contribution in [0.2, 0.25) is 0 Å². The first kappa shape index (κ1) is 23.5. The number of amides is 2. The van der Waals surface area contributed by atoms with Crippen molar-refractivity contribution in [1.82, 2.24) is 10.3 Å². The smallest absolute Gasteiger partial charge is 0.273 e. The highest BCUT2D eigenvalue weighted by Crippen LogP contribution is 2.50. The van der Waals surface area contributed by atoms with Crippen molar-refractivity contribution >= 4 is 34.9 Å². The number of rotatable bonds is 4. The van der Waals surface area contributed by atoms with Crippen LogP contribution in [0.25, 0.3) is 0 Å². The second-order valence-electron chi connectivity index (χ2n) is 9.39. The van der Waals surface area contributed by atoms with Gasteiger partial charge < -0.3 is 25.7 Å². The van der Waals surface area contributed by atoms with E-state index >= 15 is 0 Å². The molecular weight excluding hydrogens is 474 g/mol. The molecule has 3 aliphatic carbocycles. The summed E-state index contributed by atoms with van der Waals surface area (Å²) < 4.78 is 4.79. The molecule has 1 aromatic heterocycles. The Balaban J connectivity index is 1.49. The van der Waals surface area contributed by atoms with Crippen LogP contribution in [0.15, 0.2) is 29.2 Å². The summed E-state index contributed by atoms with van der Waals surface area (Å²) in [6, 6.07) is 2.80. The van der Waals surface area contributed by atoms with E-state index in [1.54, 1.807) is 0 Å². The summed E-state index contributed by atoms with van der Waals surface area (Å²) in [6.45, 7) is -0.0163. The second-order valence-corrected chi connectivity index (χ2v) is 9.39. The van der Waals surface area contributed by atoms with Crippen molar-refractivity contribution < 1.29 is 43.4 Å². The lowest BCUT2D eigenvalue weighted by Gasteiger charge is -2.48. The molecule has 36 heavy (non-hydrogen) atoms. The number of phenols is 1. The van der Waals surface area contributed by atoms with E-state index in [-0.39, 0.29) is 36.4 Å². The van der Waals surface area contributed by atoms with Gasteiger partial charge >= 0.3 is 0 Å². The van der Waals surface area contributed by atoms with Crippen LogP contribution in [0, 0.1) is 23.7 Å². The number of nitrogens with zero attached hydrogens (tertiary/aromatic N) is 1. The zero-order chi connectivity index (χ0) is 25.9. The predicted molar refractivity (Wildman–Crippen MR) is 116 cm³/mol. The number of aromatic nitrogens is 1. The molecule has 5 N–H and O–H groups in total. The maximum Gasteiger partial charge on any atom is 0.273 e. The van der Waals surface area contributed by atoms with E-state index in [4.69, 9.17) is 10.2 Å². The van der Waals surface area contributed by atoms with Crippen molar-refractivity contribution in [2.24, 2.45) is 29.4 Å². The average molecular weight is 495 g/mol. The predicted octanol–water partition coefficient (Wildman–Crippen LogP) is -0.755. The minimum absolute atomic E-state index is 0.0125. The Bertz CT molecular complexity index is 1350. The van der Waals surface area contributed by atoms with Crippen molar-refractivity contribution in [3.05, 3.63) is 47.2 Å². The molecule has 1 aromatic carbocycles. The number of ketones is 4. The van der Waals surface area contributed by atoms with Gasteiger partial charge in [0.2, 0.25) is 5.91 Å². The fourth-order valence-electron chi connectivity index (χ4n) is 5.79. The Kier molecular flexibility index (Phi) is 5.36. The van der Waals surface area contributed by atoms with Gasteiger partial charge in [-0.15, -0.1) is 0 Å². The van der Waals surface area contributed by atoms with Gasteiger partial charge in [0.15, 0.2) is 46.7 Å². The maximum absolute atomic E-state index is 13.5. The number of aliphatic hydroxyl groups is 1. The number of nitrogens with one attached hydrogen (secondary N) is 1. The van der Waals surface area contributed by atoms with Crippen molar-refractivity contribution in [3.8, 4) is 5.75 Å². The highest BCUT2D eigenvalue weighted by atomic mass is 16.3. The maximum atomic E-state index is 13.5. The van der Waals surface area contributed by atoms with E-state index in [0.717, 1.165) is 6.39 Å². The number of phenolic OH excluding ortho intramolecular Hbond substituents is 1. The van der Waals surface area contributed by atoms with Gasteiger partial charge in [0.25, 0.3) is 5.91 Å². The SMILES string of the molecule is NC(=O)C1C(=O)C[C@@H]2C[C@@H]3Cc4c(CNC(=O)c5cocn5)ccc(O)c4C(=O)C3C(=O)[C@]2(O)C1=O. The number of primary amides is 1. The summed E-state index contributed by atoms with van der Waals surface area (Å²) in [5, 5.41) is 24.3. The number of aromatic hydroxyl groups is 1. The molecule has 0 radical (unpaired) electrons. The Hall–Kier alpha value is -4.19. The van der Waals surface area contributed by atoms with Crippen LogP contribution in [-0.4, -0.2) is 55.7 Å². The normalized spacial score (nSPS) is 29.2. The van der Waals surface area contributed by atoms with Crippen molar-refractivity contribution in [1.29, 1.82) is 0 Å². The van der Waals surface area contributed by atoms with Gasteiger partial charge in [0, 0.05) is 18.9 Å². The molecule has 0 aliphatic heterocycles. The third-order valence-corrected chi connectivity index (χ3v) is 7.49. The first-order valence-corrected chi connectivity index (χ1v) is 11.2. The molecule has 186 valence electrons. The first-order valence-electron chi connectivity index (χ1n) is 11.2. The third kappa shape index (κ3) is 3.28. The molecular formula is C24H21N3O9. The quantitative estimate of drug-likeness (QED) is 0.390. The van der Waals surface area contributed by atoms with Gasteiger partial charge in [0.1, 0.15) is 12.0 Å². The second kappa shape index (κ2) is 8.19. The van der Waals surface area contributed by atoms with E-state index in [1.165, 1.54) is 18.4 Å². The van der Waals surface area contributed by atoms with Crippen LogP contribution < -0.4 is 11.1 Å². The monoisotopic (exact) mass is 495 g/mol. The summed E-state index contributed by atoms with van der Waals surface area (Å²) in [5.74, 6) is -11.3. The van der Waals surface area contributed by atoms with Gasteiger partial charge in [-0.2, -0.15) is 0 Å². The largest absolute Gasteiger partial charge is 0.507 e. The molecule has 5 atom stereocenters. The molecule has 5 rings (SSSR count). The van der Waals surface area contributed by atoms with Gasteiger partial charge in [-0.25, -0.2) is 4.98 Å². The molecule has 12 nitrogen and oxygen atoms in total. The topological polar surface area (TPSA) is 207 Å². The fourth-order valence-corrected chi connectivity index (χ4v) is 5.79. The fraction of sp³-hybridized carbons (Fsp3) is 0.375. The first-order chi connectivity index (χ1) is 17.1. The number of hydrogen-bond donors (Lipinski definition) is 4. The Morgan fingerprint density at radius 3 is 2.58 bits per heavy atom. The Morgan fingerprint density at radius 1 is 1.17 bits per heavy atom. The number of oxazole rings is 1. The zero-order valence-electron chi connectivity index (χ0n) is 18.7. The van der Waals surface area contributed by atoms with Crippen LogP contribution in [0.4, 0.5) is 0 Å². The number of carbonyl (C=O) groups excluding carboxylic acids is 6. The van der Waals surface area contributed by atoms with Crippen LogP contribution in [0.5, 0.6) is 5.75 Å². The zero-order valence-corrected chi connectivity index (χ0v) is 18.7. The molecule has 2 unspecified atom stereocenters. The number of nitrogens with two attached hydrogens (primary N) is 1. The molecule has 2 saturated carbocycles. The number of benzene rings is 1. The highest BCUT2D eigenvalue weighted by molar-refractivity contribution is 6.31. The van der Waals surface area contributed by atoms with E-state index < -0.39 is 70.6 Å². The summed E-state index contributed by atoms with van der Waals surface area (Å²) in [4.78, 5) is 80.0. The summed E-state index contributed by atoms with van der Waals surface area (Å²) in [7, 11) is 0. The summed E-state index contributed by atoms with van der Waals surface area (Å²) in [5.41, 5.74) is 3.33. The lowest BCUT2D eigenvalue weighted by Crippen LogP contribution is -2.68. The number of carbonyl (C=O) groups is 6. The van der Waals surface area contributed by atoms with Gasteiger partial charge in [-0.05, 0) is 36.0 Å². The minimum atomic E-state index is -2.69. The molecule has 0 bridgehead atoms. The summed E-state index contributed by atoms with van der Waals surface area (Å²) in [6.07, 6.45) is 1.97. The van der Waals surface area contributed by atoms with Crippen molar-refractivity contribution in [2.75, 3.05) is 0 Å². The Labute approximate surface area is 202 Å². The molecule has 1 heterocycles. The van der Waals surface area contributed by atoms with Crippen LogP contribution in [0.3, 0.4) is 0 Å². The van der Waals surface area contributed by atoms with Gasteiger partial charge in [-0.3, -0.25) is 28.8 Å². The summed E-state index contributed by atoms with van der Waals surface area (Å²) >= 11 is 0. The van der Waals surface area contributed by atoms with Crippen LogP contribution in [0.1, 0.15) is 44.8 Å². The average Bonchev–Trinajstić information content (AvgIpc) is 3.35. The molecule has 12 heteroatoms. The van der Waals surface area contributed by atoms with Gasteiger partial charge in [-0.1, -0.05) is 6.07 Å². The van der Waals surface area contributed by atoms with E-state index in [1.807, 2.05) is 0 Å². The lowest BCUT2D eigenvalue weighted by atomic mass is 9.53. The molecule has 3 aliphatic rings. The van der Waals surface area contributed by atoms with E-state index in [0.29, 0.717) is 11.1 Å². The van der Waals surface area contributed by atoms with E-state index in [9.17, 15) is 39.0 Å². The third-order valence-electron chi connectivity index (χ3n) is 7.49. The molecule has 2 amide bonds. The van der Waals surface area contributed by atoms with Crippen molar-refractivity contribution in [3.63, 3.8) is 0 Å². The minimum Gasteiger partial charge on any atom is -0.507 e. The molecule has 0 saturated heterocycles. The number of fused-ring (bicyclic) bond motifs is 3. The molecule has 0 spiro atoms. The lowest BCUT2D eigenvalue weighted by molar-refractivity contribution is -0.175. The Morgan fingerprint density at radius 2 is 1.92 bits per heavy atom.